The van der Waals surface area contributed by atoms with E-state index in [4.69, 9.17) is 26.8 Å². The Hall–Kier alpha value is -1.86. The fourth-order valence-electron chi connectivity index (χ4n) is 2.09. The van der Waals surface area contributed by atoms with Crippen LogP contribution >= 0.6 is 36.4 Å². The van der Waals surface area contributed by atoms with E-state index >= 15 is 0 Å². The maximum Gasteiger partial charge on any atom is 0.259 e. The van der Waals surface area contributed by atoms with Crippen molar-refractivity contribution < 1.29 is 14.3 Å². The molecule has 2 aromatic carbocycles. The first kappa shape index (κ1) is 25.1. The molecule has 9 heteroatoms. The molecule has 27 heavy (non-hydrogen) atoms. The molecule has 0 radical (unpaired) electrons. The summed E-state index contributed by atoms with van der Waals surface area (Å²) in [6.07, 6.45) is 0. The van der Waals surface area contributed by atoms with Crippen LogP contribution in [0.3, 0.4) is 0 Å². The molecular weight excluding hydrogens is 413 g/mol. The molecule has 0 atom stereocenters. The third kappa shape index (κ3) is 7.34. The van der Waals surface area contributed by atoms with Gasteiger partial charge >= 0.3 is 0 Å². The summed E-state index contributed by atoms with van der Waals surface area (Å²) in [6.45, 7) is 1.43. The minimum Gasteiger partial charge on any atom is -0.496 e. The zero-order valence-electron chi connectivity index (χ0n) is 15.3. The minimum atomic E-state index is -0.333. The quantitative estimate of drug-likeness (QED) is 0.642. The average Bonchev–Trinajstić information content (AvgIpc) is 2.58. The molecule has 6 nitrogen and oxygen atoms in total. The summed E-state index contributed by atoms with van der Waals surface area (Å²) in [5.41, 5.74) is 7.04. The number of nitrogens with two attached hydrogens (primary N) is 1. The van der Waals surface area contributed by atoms with E-state index in [-0.39, 0.29) is 30.7 Å². The van der Waals surface area contributed by atoms with Crippen LogP contribution in [0.15, 0.2) is 36.4 Å². The Morgan fingerprint density at radius 2 is 1.81 bits per heavy atom. The van der Waals surface area contributed by atoms with Gasteiger partial charge in [-0.1, -0.05) is 11.6 Å². The van der Waals surface area contributed by atoms with Gasteiger partial charge in [0.2, 0.25) is 0 Å². The number of nitrogen functional groups attached to an aromatic ring is 1. The first-order valence-electron chi connectivity index (χ1n) is 7.72. The van der Waals surface area contributed by atoms with Gasteiger partial charge in [-0.3, -0.25) is 4.79 Å². The molecule has 0 aliphatic heterocycles. The highest BCUT2D eigenvalue weighted by atomic mass is 35.5. The van der Waals surface area contributed by atoms with Crippen molar-refractivity contribution in [3.8, 4) is 11.5 Å². The van der Waals surface area contributed by atoms with Gasteiger partial charge in [-0.15, -0.1) is 24.8 Å². The molecular formula is C18H24Cl3N3O3. The number of nitrogens with one attached hydrogen (secondary N) is 1. The molecule has 0 saturated heterocycles. The summed E-state index contributed by atoms with van der Waals surface area (Å²) in [4.78, 5) is 14.5. The van der Waals surface area contributed by atoms with Gasteiger partial charge in [-0.2, -0.15) is 0 Å². The summed E-state index contributed by atoms with van der Waals surface area (Å²) in [6, 6.07) is 10.2. The summed E-state index contributed by atoms with van der Waals surface area (Å²) >= 11 is 6.00. The Kier molecular flexibility index (Phi) is 11.0. The van der Waals surface area contributed by atoms with Gasteiger partial charge in [-0.25, -0.2) is 0 Å². The summed E-state index contributed by atoms with van der Waals surface area (Å²) < 4.78 is 10.8. The van der Waals surface area contributed by atoms with Crippen molar-refractivity contribution in [2.24, 2.45) is 0 Å². The van der Waals surface area contributed by atoms with Crippen LogP contribution in [0.2, 0.25) is 5.02 Å². The first-order chi connectivity index (χ1) is 11.9. The third-order valence-electron chi connectivity index (χ3n) is 3.48. The van der Waals surface area contributed by atoms with Gasteiger partial charge in [0.1, 0.15) is 18.1 Å². The maximum absolute atomic E-state index is 12.5. The van der Waals surface area contributed by atoms with Gasteiger partial charge in [0.25, 0.3) is 5.91 Å². The fraction of sp³-hybridized carbons (Fsp3) is 0.278. The Balaban J connectivity index is 0.00000338. The number of halogens is 3. The molecule has 0 aliphatic carbocycles. The SMILES string of the molecule is COc1cc(N)c(Cl)cc1C(=O)Nc1ccc(OCCN(C)C)cc1.Cl.Cl. The molecule has 0 saturated carbocycles. The van der Waals surface area contributed by atoms with Gasteiger partial charge in [0.15, 0.2) is 0 Å². The Labute approximate surface area is 176 Å². The molecule has 0 heterocycles. The first-order valence-corrected chi connectivity index (χ1v) is 8.10. The van der Waals surface area contributed by atoms with Crippen molar-refractivity contribution >= 4 is 53.7 Å². The number of rotatable bonds is 7. The molecule has 2 rings (SSSR count). The van der Waals surface area contributed by atoms with E-state index in [0.717, 1.165) is 12.3 Å². The molecule has 1 amide bonds. The molecule has 0 aliphatic rings. The van der Waals surface area contributed by atoms with Crippen LogP contribution in [-0.4, -0.2) is 45.2 Å². The lowest BCUT2D eigenvalue weighted by molar-refractivity contribution is 0.102. The predicted octanol–water partition coefficient (Wildman–Crippen LogP) is 3.97. The van der Waals surface area contributed by atoms with Crippen molar-refractivity contribution in [3.05, 3.63) is 47.0 Å². The molecule has 2 aromatic rings. The standard InChI is InChI=1S/C18H22ClN3O3.2ClH/c1-22(2)8-9-25-13-6-4-12(5-7-13)21-18(23)14-10-15(19)16(20)11-17(14)24-3;;/h4-7,10-11H,8-9,20H2,1-3H3,(H,21,23);2*1H. The summed E-state index contributed by atoms with van der Waals surface area (Å²) in [5.74, 6) is 0.774. The zero-order chi connectivity index (χ0) is 18.4. The molecule has 0 fully saturated rings. The third-order valence-corrected chi connectivity index (χ3v) is 3.81. The largest absolute Gasteiger partial charge is 0.496 e. The van der Waals surface area contributed by atoms with Crippen LogP contribution in [-0.2, 0) is 0 Å². The lowest BCUT2D eigenvalue weighted by Gasteiger charge is -2.13. The minimum absolute atomic E-state index is 0. The number of hydrogen-bond donors (Lipinski definition) is 2. The highest BCUT2D eigenvalue weighted by molar-refractivity contribution is 6.33. The number of likely N-dealkylation sites (N-methyl/N-ethyl adjacent to an activating group) is 1. The van der Waals surface area contributed by atoms with Crippen LogP contribution in [0.25, 0.3) is 0 Å². The number of carbonyl (C=O) groups excluding carboxylic acids is 1. The lowest BCUT2D eigenvalue weighted by Crippen LogP contribution is -2.19. The monoisotopic (exact) mass is 435 g/mol. The summed E-state index contributed by atoms with van der Waals surface area (Å²) in [7, 11) is 5.44. The van der Waals surface area contributed by atoms with Gasteiger partial charge in [0, 0.05) is 18.3 Å². The summed E-state index contributed by atoms with van der Waals surface area (Å²) in [5, 5.41) is 3.10. The number of anilines is 2. The van der Waals surface area contributed by atoms with Crippen molar-refractivity contribution in [2.45, 2.75) is 0 Å². The molecule has 0 aromatic heterocycles. The molecule has 0 unspecified atom stereocenters. The molecule has 0 bridgehead atoms. The molecule has 150 valence electrons. The van der Waals surface area contributed by atoms with E-state index < -0.39 is 0 Å². The number of nitrogens with zero attached hydrogens (tertiary/aromatic N) is 1. The van der Waals surface area contributed by atoms with E-state index in [1.165, 1.54) is 19.2 Å². The van der Waals surface area contributed by atoms with Crippen LogP contribution in [0.5, 0.6) is 11.5 Å². The zero-order valence-corrected chi connectivity index (χ0v) is 17.7. The molecule has 3 N–H and O–H groups in total. The second-order valence-electron chi connectivity index (χ2n) is 5.70. The van der Waals surface area contributed by atoms with Crippen molar-refractivity contribution in [3.63, 3.8) is 0 Å². The van der Waals surface area contributed by atoms with Crippen molar-refractivity contribution in [1.29, 1.82) is 0 Å². The highest BCUT2D eigenvalue weighted by Gasteiger charge is 2.15. The van der Waals surface area contributed by atoms with Crippen LogP contribution in [0, 0.1) is 0 Å². The number of hydrogen-bond acceptors (Lipinski definition) is 5. The number of carbonyl (C=O) groups is 1. The van der Waals surface area contributed by atoms with Gasteiger partial charge in [0.05, 0.1) is 23.4 Å². The van der Waals surface area contributed by atoms with E-state index in [1.54, 1.807) is 24.3 Å². The Bertz CT molecular complexity index is 741. The Morgan fingerprint density at radius 3 is 2.37 bits per heavy atom. The number of ether oxygens (including phenoxy) is 2. The van der Waals surface area contributed by atoms with Crippen LogP contribution in [0.1, 0.15) is 10.4 Å². The Morgan fingerprint density at radius 1 is 1.19 bits per heavy atom. The van der Waals surface area contributed by atoms with Crippen LogP contribution in [0.4, 0.5) is 11.4 Å². The normalized spacial score (nSPS) is 9.81. The number of methoxy groups -OCH3 is 1. The molecule has 0 spiro atoms. The van der Waals surface area contributed by atoms with Crippen molar-refractivity contribution in [2.75, 3.05) is 45.4 Å². The predicted molar refractivity (Wildman–Crippen MR) is 115 cm³/mol. The maximum atomic E-state index is 12.5. The lowest BCUT2D eigenvalue weighted by atomic mass is 10.1. The second-order valence-corrected chi connectivity index (χ2v) is 6.11. The number of benzene rings is 2. The number of amides is 1. The van der Waals surface area contributed by atoms with Crippen molar-refractivity contribution in [1.82, 2.24) is 4.90 Å². The smallest absolute Gasteiger partial charge is 0.259 e. The topological polar surface area (TPSA) is 76.8 Å². The highest BCUT2D eigenvalue weighted by Crippen LogP contribution is 2.29. The fourth-order valence-corrected chi connectivity index (χ4v) is 2.26. The van der Waals surface area contributed by atoms with E-state index in [1.807, 2.05) is 19.0 Å². The average molecular weight is 437 g/mol. The second kappa shape index (κ2) is 11.8. The van der Waals surface area contributed by atoms with E-state index in [9.17, 15) is 4.79 Å². The van der Waals surface area contributed by atoms with Gasteiger partial charge < -0.3 is 25.4 Å². The van der Waals surface area contributed by atoms with Crippen LogP contribution < -0.4 is 20.5 Å². The van der Waals surface area contributed by atoms with Gasteiger partial charge in [-0.05, 0) is 44.4 Å². The van der Waals surface area contributed by atoms with E-state index in [2.05, 4.69) is 5.32 Å². The van der Waals surface area contributed by atoms with E-state index in [0.29, 0.717) is 34.3 Å².